The zero-order chi connectivity index (χ0) is 15.7. The standard InChI is InChI=1S/C15H16ClN5O/c1-17-15-18-8-10(16)13(20-15)19-11-5-3-4-9-6-7-21(2)14(22)12(9)11/h3-5,8H,6-7H2,1-2H3,(H2,17,18,19,20). The highest BCUT2D eigenvalue weighted by molar-refractivity contribution is 6.33. The summed E-state index contributed by atoms with van der Waals surface area (Å²) in [4.78, 5) is 22.5. The van der Waals surface area contributed by atoms with Gasteiger partial charge in [0.2, 0.25) is 5.95 Å². The van der Waals surface area contributed by atoms with Gasteiger partial charge in [-0.3, -0.25) is 4.79 Å². The maximum Gasteiger partial charge on any atom is 0.255 e. The number of nitrogens with zero attached hydrogens (tertiary/aromatic N) is 3. The summed E-state index contributed by atoms with van der Waals surface area (Å²) in [6, 6.07) is 5.76. The van der Waals surface area contributed by atoms with Crippen molar-refractivity contribution in [2.75, 3.05) is 31.3 Å². The normalized spacial score (nSPS) is 13.8. The first-order valence-corrected chi connectivity index (χ1v) is 7.32. The van der Waals surface area contributed by atoms with E-state index in [1.54, 1.807) is 19.0 Å². The second kappa shape index (κ2) is 5.81. The van der Waals surface area contributed by atoms with Gasteiger partial charge in [-0.15, -0.1) is 0 Å². The van der Waals surface area contributed by atoms with Crippen molar-refractivity contribution in [2.45, 2.75) is 6.42 Å². The van der Waals surface area contributed by atoms with Gasteiger partial charge in [-0.2, -0.15) is 4.98 Å². The first-order valence-electron chi connectivity index (χ1n) is 6.95. The second-order valence-electron chi connectivity index (χ2n) is 5.08. The van der Waals surface area contributed by atoms with E-state index in [9.17, 15) is 4.79 Å². The van der Waals surface area contributed by atoms with Gasteiger partial charge in [-0.1, -0.05) is 23.7 Å². The highest BCUT2D eigenvalue weighted by atomic mass is 35.5. The number of amides is 1. The van der Waals surface area contributed by atoms with Crippen LogP contribution >= 0.6 is 11.6 Å². The van der Waals surface area contributed by atoms with Crippen LogP contribution in [0.4, 0.5) is 17.5 Å². The number of likely N-dealkylation sites (N-methyl/N-ethyl adjacent to an activating group) is 1. The number of fused-ring (bicyclic) bond motifs is 1. The molecule has 1 aliphatic rings. The van der Waals surface area contributed by atoms with Crippen LogP contribution in [-0.4, -0.2) is 41.4 Å². The van der Waals surface area contributed by atoms with Gasteiger partial charge in [-0.05, 0) is 18.1 Å². The number of benzene rings is 1. The molecule has 1 aliphatic heterocycles. The van der Waals surface area contributed by atoms with E-state index in [-0.39, 0.29) is 5.91 Å². The number of carbonyl (C=O) groups is 1. The molecule has 1 amide bonds. The van der Waals surface area contributed by atoms with Gasteiger partial charge in [-0.25, -0.2) is 4.98 Å². The molecule has 0 aliphatic carbocycles. The zero-order valence-corrected chi connectivity index (χ0v) is 13.1. The molecular weight excluding hydrogens is 302 g/mol. The molecule has 0 fully saturated rings. The summed E-state index contributed by atoms with van der Waals surface area (Å²) in [5, 5.41) is 6.41. The van der Waals surface area contributed by atoms with Gasteiger partial charge in [0.1, 0.15) is 5.02 Å². The summed E-state index contributed by atoms with van der Waals surface area (Å²) in [5.41, 5.74) is 2.42. The van der Waals surface area contributed by atoms with Crippen molar-refractivity contribution in [3.05, 3.63) is 40.5 Å². The van der Waals surface area contributed by atoms with Gasteiger partial charge in [0.15, 0.2) is 5.82 Å². The van der Waals surface area contributed by atoms with E-state index in [4.69, 9.17) is 11.6 Å². The highest BCUT2D eigenvalue weighted by Crippen LogP contribution is 2.30. The van der Waals surface area contributed by atoms with Crippen LogP contribution in [0.25, 0.3) is 0 Å². The van der Waals surface area contributed by atoms with Crippen molar-refractivity contribution >= 4 is 35.0 Å². The SMILES string of the molecule is CNc1ncc(Cl)c(Nc2cccc3c2C(=O)N(C)CC3)n1. The summed E-state index contributed by atoms with van der Waals surface area (Å²) in [5.74, 6) is 0.930. The topological polar surface area (TPSA) is 70.2 Å². The Morgan fingerprint density at radius 1 is 1.36 bits per heavy atom. The number of anilines is 3. The molecule has 2 aromatic rings. The summed E-state index contributed by atoms with van der Waals surface area (Å²) in [7, 11) is 3.54. The quantitative estimate of drug-likeness (QED) is 0.910. The van der Waals surface area contributed by atoms with Gasteiger partial charge < -0.3 is 15.5 Å². The average molecular weight is 318 g/mol. The van der Waals surface area contributed by atoms with Crippen molar-refractivity contribution in [1.29, 1.82) is 0 Å². The molecule has 0 atom stereocenters. The van der Waals surface area contributed by atoms with Crippen molar-refractivity contribution < 1.29 is 4.79 Å². The Bertz CT molecular complexity index is 734. The molecule has 0 saturated heterocycles. The molecule has 0 spiro atoms. The number of rotatable bonds is 3. The molecule has 1 aromatic heterocycles. The Morgan fingerprint density at radius 2 is 2.18 bits per heavy atom. The minimum absolute atomic E-state index is 0.00312. The predicted molar refractivity (Wildman–Crippen MR) is 87.0 cm³/mol. The maximum absolute atomic E-state index is 12.4. The van der Waals surface area contributed by atoms with Gasteiger partial charge in [0.05, 0.1) is 17.4 Å². The number of aromatic nitrogens is 2. The second-order valence-corrected chi connectivity index (χ2v) is 5.49. The number of halogens is 1. The van der Waals surface area contributed by atoms with E-state index in [1.165, 1.54) is 6.20 Å². The average Bonchev–Trinajstić information content (AvgIpc) is 2.53. The van der Waals surface area contributed by atoms with Crippen LogP contribution < -0.4 is 10.6 Å². The molecule has 0 bridgehead atoms. The molecule has 0 saturated carbocycles. The largest absolute Gasteiger partial charge is 0.357 e. The number of hydrogen-bond donors (Lipinski definition) is 2. The number of carbonyl (C=O) groups excluding carboxylic acids is 1. The van der Waals surface area contributed by atoms with Crippen LogP contribution in [0.1, 0.15) is 15.9 Å². The minimum atomic E-state index is 0.00312. The lowest BCUT2D eigenvalue weighted by molar-refractivity contribution is 0.0782. The number of nitrogens with one attached hydrogen (secondary N) is 2. The minimum Gasteiger partial charge on any atom is -0.357 e. The fourth-order valence-electron chi connectivity index (χ4n) is 2.45. The predicted octanol–water partition coefficient (Wildman–Crippen LogP) is 2.54. The van der Waals surface area contributed by atoms with E-state index >= 15 is 0 Å². The van der Waals surface area contributed by atoms with Crippen molar-refractivity contribution in [3.8, 4) is 0 Å². The van der Waals surface area contributed by atoms with E-state index in [0.717, 1.165) is 18.5 Å². The van der Waals surface area contributed by atoms with Crippen LogP contribution in [0.2, 0.25) is 5.02 Å². The molecule has 7 heteroatoms. The third kappa shape index (κ3) is 2.57. The molecule has 6 nitrogen and oxygen atoms in total. The van der Waals surface area contributed by atoms with Crippen LogP contribution in [-0.2, 0) is 6.42 Å². The van der Waals surface area contributed by atoms with Crippen LogP contribution in [0.3, 0.4) is 0 Å². The van der Waals surface area contributed by atoms with Crippen LogP contribution in [0.5, 0.6) is 0 Å². The van der Waals surface area contributed by atoms with Gasteiger partial charge in [0.25, 0.3) is 5.91 Å². The maximum atomic E-state index is 12.4. The summed E-state index contributed by atoms with van der Waals surface area (Å²) in [6.07, 6.45) is 2.36. The van der Waals surface area contributed by atoms with Gasteiger partial charge in [0, 0.05) is 20.6 Å². The molecule has 1 aromatic carbocycles. The van der Waals surface area contributed by atoms with E-state index in [0.29, 0.717) is 28.0 Å². The third-order valence-corrected chi connectivity index (χ3v) is 3.93. The Labute approximate surface area is 133 Å². The van der Waals surface area contributed by atoms with Gasteiger partial charge >= 0.3 is 0 Å². The summed E-state index contributed by atoms with van der Waals surface area (Å²) >= 11 is 6.14. The van der Waals surface area contributed by atoms with E-state index in [1.807, 2.05) is 18.2 Å². The van der Waals surface area contributed by atoms with Crippen LogP contribution in [0, 0.1) is 0 Å². The smallest absolute Gasteiger partial charge is 0.255 e. The Hall–Kier alpha value is -2.34. The molecular formula is C15H16ClN5O. The fraction of sp³-hybridized carbons (Fsp3) is 0.267. The van der Waals surface area contributed by atoms with Crippen molar-refractivity contribution in [1.82, 2.24) is 14.9 Å². The zero-order valence-electron chi connectivity index (χ0n) is 12.4. The Morgan fingerprint density at radius 3 is 2.95 bits per heavy atom. The fourth-order valence-corrected chi connectivity index (χ4v) is 2.59. The summed E-state index contributed by atoms with van der Waals surface area (Å²) < 4.78 is 0. The van der Waals surface area contributed by atoms with Crippen LogP contribution in [0.15, 0.2) is 24.4 Å². The lowest BCUT2D eigenvalue weighted by Gasteiger charge is -2.26. The highest BCUT2D eigenvalue weighted by Gasteiger charge is 2.24. The van der Waals surface area contributed by atoms with Crippen molar-refractivity contribution in [3.63, 3.8) is 0 Å². The van der Waals surface area contributed by atoms with Crippen molar-refractivity contribution in [2.24, 2.45) is 0 Å². The molecule has 0 unspecified atom stereocenters. The van der Waals surface area contributed by atoms with E-state index in [2.05, 4.69) is 20.6 Å². The molecule has 3 rings (SSSR count). The van der Waals surface area contributed by atoms with E-state index < -0.39 is 0 Å². The lowest BCUT2D eigenvalue weighted by Crippen LogP contribution is -2.34. The molecule has 2 heterocycles. The summed E-state index contributed by atoms with van der Waals surface area (Å²) in [6.45, 7) is 0.730. The molecule has 22 heavy (non-hydrogen) atoms. The third-order valence-electron chi connectivity index (χ3n) is 3.65. The Kier molecular flexibility index (Phi) is 3.85. The molecule has 114 valence electrons. The molecule has 2 N–H and O–H groups in total. The first-order chi connectivity index (χ1) is 10.6. The molecule has 0 radical (unpaired) electrons. The monoisotopic (exact) mass is 317 g/mol. The Balaban J connectivity index is 2.02. The lowest BCUT2D eigenvalue weighted by atomic mass is 9.97. The number of hydrogen-bond acceptors (Lipinski definition) is 5. The first kappa shape index (κ1) is 14.6.